The van der Waals surface area contributed by atoms with Crippen LogP contribution in [-0.4, -0.2) is 49.3 Å². The molecular weight excluding hydrogens is 629 g/mol. The van der Waals surface area contributed by atoms with E-state index in [9.17, 15) is 19.0 Å². The first-order chi connectivity index (χ1) is 23.3. The molecule has 0 spiro atoms. The minimum atomic E-state index is -4.38. The van der Waals surface area contributed by atoms with Crippen LogP contribution in [0, 0.1) is 0 Å². The zero-order valence-electron chi connectivity index (χ0n) is 29.7. The second-order valence-electron chi connectivity index (χ2n) is 11.4. The van der Waals surface area contributed by atoms with Crippen LogP contribution in [0.5, 0.6) is 0 Å². The minimum absolute atomic E-state index is 0.0426. The number of hydrogen-bond donors (Lipinski definition) is 2. The topological polar surface area (TPSA) is 134 Å². The lowest BCUT2D eigenvalue weighted by atomic mass is 10.1. The van der Waals surface area contributed by atoms with Gasteiger partial charge < -0.3 is 20.1 Å². The van der Waals surface area contributed by atoms with Gasteiger partial charge >= 0.3 is 19.8 Å². The molecule has 0 fully saturated rings. The smallest absolute Gasteiger partial charge is 0.462 e. The van der Waals surface area contributed by atoms with Crippen LogP contribution in [0.4, 0.5) is 0 Å². The van der Waals surface area contributed by atoms with Gasteiger partial charge in [0.1, 0.15) is 6.61 Å². The predicted molar refractivity (Wildman–Crippen MR) is 196 cm³/mol. The van der Waals surface area contributed by atoms with Gasteiger partial charge in [-0.15, -0.1) is 0 Å². The van der Waals surface area contributed by atoms with Gasteiger partial charge in [0.05, 0.1) is 13.2 Å². The number of phosphoric ester groups is 1. The highest BCUT2D eigenvalue weighted by atomic mass is 31.2. The average molecular weight is 694 g/mol. The van der Waals surface area contributed by atoms with Crippen LogP contribution in [0.1, 0.15) is 123 Å². The quantitative estimate of drug-likeness (QED) is 0.0306. The summed E-state index contributed by atoms with van der Waals surface area (Å²) in [6.07, 6.45) is 39.7. The van der Waals surface area contributed by atoms with Gasteiger partial charge in [-0.25, -0.2) is 4.57 Å². The third-order valence-corrected chi connectivity index (χ3v) is 7.84. The van der Waals surface area contributed by atoms with Gasteiger partial charge in [-0.2, -0.15) is 0 Å². The zero-order chi connectivity index (χ0) is 35.4. The van der Waals surface area contributed by atoms with Crippen molar-refractivity contribution in [3.05, 3.63) is 72.9 Å². The van der Waals surface area contributed by atoms with Crippen LogP contribution in [0.2, 0.25) is 0 Å². The Morgan fingerprint density at radius 3 is 1.71 bits per heavy atom. The van der Waals surface area contributed by atoms with Crippen LogP contribution >= 0.6 is 7.82 Å². The molecule has 0 aromatic carbocycles. The molecule has 48 heavy (non-hydrogen) atoms. The maximum Gasteiger partial charge on any atom is 0.472 e. The Morgan fingerprint density at radius 2 is 1.15 bits per heavy atom. The Bertz CT molecular complexity index is 1020. The highest BCUT2D eigenvalue weighted by Gasteiger charge is 2.25. The Morgan fingerprint density at radius 1 is 0.646 bits per heavy atom. The SMILES string of the molecule is CC/C=C\C/C=C\C/C=C\C/C=C\C/C=C\C/C=C\CCCCC(=O)OC(COC(=O)CCCCCCCC)COP(=O)(O)OCCN. The van der Waals surface area contributed by atoms with Crippen molar-refractivity contribution in [1.82, 2.24) is 0 Å². The van der Waals surface area contributed by atoms with Gasteiger partial charge in [0.25, 0.3) is 0 Å². The Hall–Kier alpha value is -2.55. The molecule has 2 unspecified atom stereocenters. The van der Waals surface area contributed by atoms with E-state index < -0.39 is 32.5 Å². The summed E-state index contributed by atoms with van der Waals surface area (Å²) in [4.78, 5) is 34.4. The third kappa shape index (κ3) is 33.4. The van der Waals surface area contributed by atoms with E-state index in [0.717, 1.165) is 83.5 Å². The molecule has 3 N–H and O–H groups in total. The number of esters is 2. The van der Waals surface area contributed by atoms with Crippen LogP contribution in [0.3, 0.4) is 0 Å². The molecule has 274 valence electrons. The molecule has 0 rings (SSSR count). The van der Waals surface area contributed by atoms with Crippen LogP contribution < -0.4 is 5.73 Å². The third-order valence-electron chi connectivity index (χ3n) is 6.86. The monoisotopic (exact) mass is 693 g/mol. The summed E-state index contributed by atoms with van der Waals surface area (Å²) < 4.78 is 32.4. The largest absolute Gasteiger partial charge is 0.472 e. The Labute approximate surface area is 291 Å². The number of nitrogens with two attached hydrogens (primary N) is 1. The van der Waals surface area contributed by atoms with Crippen molar-refractivity contribution in [2.24, 2.45) is 5.73 Å². The molecular formula is C38H64NO8P. The van der Waals surface area contributed by atoms with Gasteiger partial charge in [-0.05, 0) is 64.2 Å². The molecule has 0 saturated carbocycles. The first-order valence-electron chi connectivity index (χ1n) is 17.9. The number of phosphoric acid groups is 1. The molecule has 0 heterocycles. The lowest BCUT2D eigenvalue weighted by molar-refractivity contribution is -0.161. The van der Waals surface area contributed by atoms with Crippen molar-refractivity contribution in [2.45, 2.75) is 129 Å². The fourth-order valence-electron chi connectivity index (χ4n) is 4.22. The van der Waals surface area contributed by atoms with E-state index in [0.29, 0.717) is 6.42 Å². The molecule has 0 aromatic rings. The second kappa shape index (κ2) is 34.3. The Kier molecular flexibility index (Phi) is 32.5. The van der Waals surface area contributed by atoms with E-state index in [-0.39, 0.29) is 32.6 Å². The highest BCUT2D eigenvalue weighted by molar-refractivity contribution is 7.47. The molecule has 0 aliphatic carbocycles. The van der Waals surface area contributed by atoms with E-state index in [1.165, 1.54) is 6.42 Å². The number of ether oxygens (including phenoxy) is 2. The molecule has 2 atom stereocenters. The molecule has 0 aliphatic heterocycles. The second-order valence-corrected chi connectivity index (χ2v) is 12.8. The lowest BCUT2D eigenvalue weighted by Gasteiger charge is -2.19. The first-order valence-corrected chi connectivity index (χ1v) is 19.4. The maximum absolute atomic E-state index is 12.5. The highest BCUT2D eigenvalue weighted by Crippen LogP contribution is 2.43. The number of carbonyl (C=O) groups is 2. The maximum atomic E-state index is 12.5. The summed E-state index contributed by atoms with van der Waals surface area (Å²) in [6.45, 7) is 3.45. The van der Waals surface area contributed by atoms with Crippen LogP contribution in [0.15, 0.2) is 72.9 Å². The molecule has 0 radical (unpaired) electrons. The number of hydrogen-bond acceptors (Lipinski definition) is 8. The number of allylic oxidation sites excluding steroid dienone is 12. The molecule has 0 aliphatic rings. The molecule has 10 heteroatoms. The van der Waals surface area contributed by atoms with E-state index in [1.807, 2.05) is 0 Å². The van der Waals surface area contributed by atoms with E-state index in [4.69, 9.17) is 24.3 Å². The summed E-state index contributed by atoms with van der Waals surface area (Å²) in [5.74, 6) is -0.900. The summed E-state index contributed by atoms with van der Waals surface area (Å²) in [5.41, 5.74) is 5.31. The first kappa shape index (κ1) is 45.5. The summed E-state index contributed by atoms with van der Waals surface area (Å²) in [7, 11) is -4.38. The summed E-state index contributed by atoms with van der Waals surface area (Å²) in [6, 6.07) is 0. The number of carbonyl (C=O) groups excluding carboxylic acids is 2. The van der Waals surface area contributed by atoms with Gasteiger partial charge in [0, 0.05) is 19.4 Å². The lowest BCUT2D eigenvalue weighted by Crippen LogP contribution is -2.29. The standard InChI is InChI=1S/C38H64NO8P/c1-3-5-7-9-11-12-13-14-15-16-17-18-19-20-21-22-23-24-25-27-29-31-38(41)47-36(35-46-48(42,43)45-33-32-39)34-44-37(40)30-28-26-10-8-6-4-2/h5,7,11-12,14-15,17-18,20-21,23-24,36H,3-4,6,8-10,13,16,19,22,25-35,39H2,1-2H3,(H,42,43)/b7-5-,12-11-,15-14-,18-17-,21-20-,24-23-. The van der Waals surface area contributed by atoms with Gasteiger partial charge in [-0.1, -0.05) is 119 Å². The molecule has 0 amide bonds. The zero-order valence-corrected chi connectivity index (χ0v) is 30.6. The van der Waals surface area contributed by atoms with Crippen molar-refractivity contribution >= 4 is 19.8 Å². The van der Waals surface area contributed by atoms with E-state index >= 15 is 0 Å². The fraction of sp³-hybridized carbons (Fsp3) is 0.632. The fourth-order valence-corrected chi connectivity index (χ4v) is 4.99. The predicted octanol–water partition coefficient (Wildman–Crippen LogP) is 9.54. The van der Waals surface area contributed by atoms with Gasteiger partial charge in [0.2, 0.25) is 0 Å². The van der Waals surface area contributed by atoms with Crippen LogP contribution in [0.25, 0.3) is 0 Å². The minimum Gasteiger partial charge on any atom is -0.462 e. The van der Waals surface area contributed by atoms with Crippen molar-refractivity contribution in [3.8, 4) is 0 Å². The Balaban J connectivity index is 4.27. The number of unbranched alkanes of at least 4 members (excludes halogenated alkanes) is 7. The van der Waals surface area contributed by atoms with Crippen molar-refractivity contribution in [1.29, 1.82) is 0 Å². The van der Waals surface area contributed by atoms with Crippen molar-refractivity contribution < 1.29 is 37.6 Å². The van der Waals surface area contributed by atoms with E-state index in [2.05, 4.69) is 86.8 Å². The molecule has 0 aromatic heterocycles. The van der Waals surface area contributed by atoms with Crippen LogP contribution in [-0.2, 0) is 32.7 Å². The molecule has 0 bridgehead atoms. The van der Waals surface area contributed by atoms with Crippen molar-refractivity contribution in [3.63, 3.8) is 0 Å². The van der Waals surface area contributed by atoms with Crippen molar-refractivity contribution in [2.75, 3.05) is 26.4 Å². The molecule has 9 nitrogen and oxygen atoms in total. The van der Waals surface area contributed by atoms with Gasteiger partial charge in [-0.3, -0.25) is 18.6 Å². The molecule has 0 saturated heterocycles. The summed E-state index contributed by atoms with van der Waals surface area (Å²) >= 11 is 0. The van der Waals surface area contributed by atoms with Gasteiger partial charge in [0.15, 0.2) is 6.10 Å². The van der Waals surface area contributed by atoms with E-state index in [1.54, 1.807) is 0 Å². The average Bonchev–Trinajstić information content (AvgIpc) is 3.07. The summed E-state index contributed by atoms with van der Waals surface area (Å²) in [5, 5.41) is 0. The number of rotatable bonds is 32. The normalized spacial score (nSPS) is 14.3.